The molecule has 1 N–H and O–H groups in total. The molecular weight excluding hydrogens is 455 g/mol. The number of hydrogen-bond acceptors (Lipinski definition) is 5. The topological polar surface area (TPSA) is 92.8 Å². The lowest BCUT2D eigenvalue weighted by Gasteiger charge is -2.19. The largest absolute Gasteiger partial charge is 0.452 e. The number of carbonyl (C=O) groups is 4. The van der Waals surface area contributed by atoms with Crippen LogP contribution in [0.15, 0.2) is 42.5 Å². The van der Waals surface area contributed by atoms with Crippen LogP contribution >= 0.6 is 23.2 Å². The summed E-state index contributed by atoms with van der Waals surface area (Å²) in [6, 6.07) is 10.9. The van der Waals surface area contributed by atoms with Gasteiger partial charge in [0.05, 0.1) is 38.8 Å². The van der Waals surface area contributed by atoms with Gasteiger partial charge in [-0.2, -0.15) is 0 Å². The van der Waals surface area contributed by atoms with Gasteiger partial charge < -0.3 is 10.1 Å². The van der Waals surface area contributed by atoms with Crippen LogP contribution in [0.4, 0.5) is 11.4 Å². The van der Waals surface area contributed by atoms with E-state index in [9.17, 15) is 19.2 Å². The van der Waals surface area contributed by atoms with Gasteiger partial charge in [0.15, 0.2) is 6.61 Å². The summed E-state index contributed by atoms with van der Waals surface area (Å²) in [6.45, 7) is -0.544. The maximum absolute atomic E-state index is 12.8. The predicted octanol–water partition coefficient (Wildman–Crippen LogP) is 4.47. The Balaban J connectivity index is 1.41. The average Bonchev–Trinajstić information content (AvgIpc) is 3.05. The lowest BCUT2D eigenvalue weighted by Crippen LogP contribution is -2.31. The molecule has 1 saturated heterocycles. The highest BCUT2D eigenvalue weighted by molar-refractivity contribution is 6.44. The van der Waals surface area contributed by atoms with Gasteiger partial charge in [0, 0.05) is 0 Å². The summed E-state index contributed by atoms with van der Waals surface area (Å²) in [5.41, 5.74) is 0.764. The summed E-state index contributed by atoms with van der Waals surface area (Å²) in [5, 5.41) is 2.99. The van der Waals surface area contributed by atoms with E-state index in [1.807, 2.05) is 0 Å². The second-order valence-corrected chi connectivity index (χ2v) is 8.57. The number of benzene rings is 2. The number of ether oxygens (including phenoxy) is 1. The molecule has 2 fully saturated rings. The van der Waals surface area contributed by atoms with Crippen molar-refractivity contribution < 1.29 is 23.9 Å². The molecule has 3 amide bonds. The minimum absolute atomic E-state index is 0.131. The molecule has 1 saturated carbocycles. The van der Waals surface area contributed by atoms with Crippen molar-refractivity contribution in [1.82, 2.24) is 0 Å². The molecule has 1 heterocycles. The standard InChI is InChI=1S/C23H20Cl2N2O5/c24-17-9-4-10-18(20(17)25)26-19(28)12-32-23(31)13-5-3-6-14(11-13)27-21(29)15-7-1-2-8-16(15)22(27)30/h3-6,9-11,15-16H,1-2,7-8,12H2,(H,26,28)/t15-,16-/m1/s1. The summed E-state index contributed by atoms with van der Waals surface area (Å²) >= 11 is 11.9. The number of carbonyl (C=O) groups excluding carboxylic acids is 4. The van der Waals surface area contributed by atoms with Gasteiger partial charge in [-0.3, -0.25) is 19.3 Å². The van der Waals surface area contributed by atoms with E-state index in [4.69, 9.17) is 27.9 Å². The summed E-state index contributed by atoms with van der Waals surface area (Å²) < 4.78 is 5.08. The van der Waals surface area contributed by atoms with E-state index in [2.05, 4.69) is 5.32 Å². The normalized spacial score (nSPS) is 20.1. The first-order valence-corrected chi connectivity index (χ1v) is 11.0. The molecule has 1 aliphatic carbocycles. The highest BCUT2D eigenvalue weighted by Gasteiger charge is 2.48. The zero-order valence-corrected chi connectivity index (χ0v) is 18.5. The van der Waals surface area contributed by atoms with Gasteiger partial charge in [0.1, 0.15) is 0 Å². The van der Waals surface area contributed by atoms with Crippen molar-refractivity contribution in [1.29, 1.82) is 0 Å². The van der Waals surface area contributed by atoms with Crippen LogP contribution in [-0.4, -0.2) is 30.3 Å². The summed E-state index contributed by atoms with van der Waals surface area (Å²) in [7, 11) is 0. The Kier molecular flexibility index (Phi) is 6.48. The van der Waals surface area contributed by atoms with Crippen LogP contribution in [0, 0.1) is 11.8 Å². The van der Waals surface area contributed by atoms with Crippen LogP contribution in [0.25, 0.3) is 0 Å². The number of fused-ring (bicyclic) bond motifs is 1. The molecule has 1 aliphatic heterocycles. The van der Waals surface area contributed by atoms with E-state index in [1.54, 1.807) is 30.3 Å². The molecule has 0 unspecified atom stereocenters. The third-order valence-corrected chi connectivity index (χ3v) is 6.56. The number of imide groups is 1. The number of nitrogens with one attached hydrogen (secondary N) is 1. The monoisotopic (exact) mass is 474 g/mol. The number of amides is 3. The van der Waals surface area contributed by atoms with Crippen LogP contribution in [0.2, 0.25) is 10.0 Å². The van der Waals surface area contributed by atoms with Gasteiger partial charge in [-0.05, 0) is 43.2 Å². The Morgan fingerprint density at radius 1 is 1.00 bits per heavy atom. The SMILES string of the molecule is O=C(COC(=O)c1cccc(N2C(=O)[C@@H]3CCCC[C@H]3C2=O)c1)Nc1cccc(Cl)c1Cl. The maximum Gasteiger partial charge on any atom is 0.338 e. The van der Waals surface area contributed by atoms with Crippen molar-refractivity contribution in [3.05, 3.63) is 58.1 Å². The molecule has 0 bridgehead atoms. The van der Waals surface area contributed by atoms with E-state index >= 15 is 0 Å². The molecule has 2 atom stereocenters. The fourth-order valence-corrected chi connectivity index (χ4v) is 4.54. The Morgan fingerprint density at radius 2 is 1.66 bits per heavy atom. The molecule has 7 nitrogen and oxygen atoms in total. The van der Waals surface area contributed by atoms with Gasteiger partial charge in [-0.15, -0.1) is 0 Å². The van der Waals surface area contributed by atoms with E-state index in [1.165, 1.54) is 17.0 Å². The third kappa shape index (κ3) is 4.36. The molecule has 2 aromatic rings. The van der Waals surface area contributed by atoms with E-state index < -0.39 is 18.5 Å². The first-order valence-electron chi connectivity index (χ1n) is 10.3. The third-order valence-electron chi connectivity index (χ3n) is 5.74. The van der Waals surface area contributed by atoms with E-state index in [0.29, 0.717) is 24.2 Å². The second-order valence-electron chi connectivity index (χ2n) is 7.79. The Bertz CT molecular complexity index is 1080. The maximum atomic E-state index is 12.8. The Labute approximate surface area is 194 Å². The number of nitrogens with zero attached hydrogens (tertiary/aromatic N) is 1. The molecule has 2 aromatic carbocycles. The van der Waals surface area contributed by atoms with Crippen molar-refractivity contribution in [3.63, 3.8) is 0 Å². The number of anilines is 2. The van der Waals surface area contributed by atoms with Gasteiger partial charge in [0.25, 0.3) is 5.91 Å². The molecule has 0 aromatic heterocycles. The molecule has 0 spiro atoms. The molecule has 9 heteroatoms. The Morgan fingerprint density at radius 3 is 2.34 bits per heavy atom. The van der Waals surface area contributed by atoms with E-state index in [-0.39, 0.29) is 39.3 Å². The number of esters is 1. The predicted molar refractivity (Wildman–Crippen MR) is 120 cm³/mol. The van der Waals surface area contributed by atoms with Crippen LogP contribution in [-0.2, 0) is 19.1 Å². The lowest BCUT2D eigenvalue weighted by molar-refractivity contribution is -0.122. The average molecular weight is 475 g/mol. The van der Waals surface area contributed by atoms with Gasteiger partial charge >= 0.3 is 5.97 Å². The van der Waals surface area contributed by atoms with Crippen molar-refractivity contribution >= 4 is 58.3 Å². The first-order chi connectivity index (χ1) is 15.4. The van der Waals surface area contributed by atoms with Gasteiger partial charge in [-0.25, -0.2) is 4.79 Å². The molecule has 32 heavy (non-hydrogen) atoms. The smallest absolute Gasteiger partial charge is 0.338 e. The Hall–Kier alpha value is -2.90. The molecule has 0 radical (unpaired) electrons. The molecule has 2 aliphatic rings. The second kappa shape index (κ2) is 9.30. The number of halogens is 2. The molecule has 4 rings (SSSR count). The summed E-state index contributed by atoms with van der Waals surface area (Å²) in [6.07, 6.45) is 3.28. The fourth-order valence-electron chi connectivity index (χ4n) is 4.19. The van der Waals surface area contributed by atoms with Crippen molar-refractivity contribution in [3.8, 4) is 0 Å². The van der Waals surface area contributed by atoms with E-state index in [0.717, 1.165) is 12.8 Å². The van der Waals surface area contributed by atoms with Crippen LogP contribution in [0.1, 0.15) is 36.0 Å². The zero-order valence-electron chi connectivity index (χ0n) is 17.0. The summed E-state index contributed by atoms with van der Waals surface area (Å²) in [4.78, 5) is 51.3. The minimum atomic E-state index is -0.754. The fraction of sp³-hybridized carbons (Fsp3) is 0.304. The summed E-state index contributed by atoms with van der Waals surface area (Å²) in [5.74, 6) is -2.35. The number of rotatable bonds is 5. The van der Waals surface area contributed by atoms with Crippen LogP contribution in [0.3, 0.4) is 0 Å². The highest BCUT2D eigenvalue weighted by Crippen LogP contribution is 2.40. The molecule has 166 valence electrons. The number of hydrogen-bond donors (Lipinski definition) is 1. The van der Waals surface area contributed by atoms with Crippen LogP contribution < -0.4 is 10.2 Å². The van der Waals surface area contributed by atoms with Crippen molar-refractivity contribution in [2.24, 2.45) is 11.8 Å². The van der Waals surface area contributed by atoms with Crippen molar-refractivity contribution in [2.45, 2.75) is 25.7 Å². The zero-order chi connectivity index (χ0) is 22.8. The molecular formula is C23H20Cl2N2O5. The van der Waals surface area contributed by atoms with Crippen molar-refractivity contribution in [2.75, 3.05) is 16.8 Å². The first kappa shape index (κ1) is 22.3. The quantitative estimate of drug-likeness (QED) is 0.509. The minimum Gasteiger partial charge on any atom is -0.452 e. The van der Waals surface area contributed by atoms with Gasteiger partial charge in [0.2, 0.25) is 11.8 Å². The van der Waals surface area contributed by atoms with Crippen LogP contribution in [0.5, 0.6) is 0 Å². The lowest BCUT2D eigenvalue weighted by atomic mass is 9.81. The van der Waals surface area contributed by atoms with Gasteiger partial charge in [-0.1, -0.05) is 48.2 Å². The highest BCUT2D eigenvalue weighted by atomic mass is 35.5.